The number of hydrogen-bond donors (Lipinski definition) is 2. The number of nitrogens with two attached hydrogens (primary N) is 1. The molecule has 6 nitrogen and oxygen atoms in total. The fourth-order valence-corrected chi connectivity index (χ4v) is 1.89. The highest BCUT2D eigenvalue weighted by molar-refractivity contribution is 5.89. The first kappa shape index (κ1) is 19.0. The van der Waals surface area contributed by atoms with Crippen LogP contribution in [0.15, 0.2) is 24.3 Å². The van der Waals surface area contributed by atoms with Gasteiger partial charge in [0.2, 0.25) is 0 Å². The van der Waals surface area contributed by atoms with Crippen LogP contribution in [0, 0.1) is 0 Å². The van der Waals surface area contributed by atoms with Gasteiger partial charge in [-0.1, -0.05) is 12.1 Å². The first-order valence-electron chi connectivity index (χ1n) is 7.72. The first-order valence-corrected chi connectivity index (χ1v) is 7.72. The summed E-state index contributed by atoms with van der Waals surface area (Å²) in [5.41, 5.74) is 6.95. The van der Waals surface area contributed by atoms with Crippen molar-refractivity contribution in [3.63, 3.8) is 0 Å². The van der Waals surface area contributed by atoms with Crippen molar-refractivity contribution >= 4 is 12.1 Å². The predicted octanol–water partition coefficient (Wildman–Crippen LogP) is 2.78. The number of carbonyl (C=O) groups is 2. The second-order valence-electron chi connectivity index (χ2n) is 6.17. The van der Waals surface area contributed by atoms with Crippen molar-refractivity contribution in [3.05, 3.63) is 35.4 Å². The fourth-order valence-electron chi connectivity index (χ4n) is 1.89. The predicted molar refractivity (Wildman–Crippen MR) is 88.2 cm³/mol. The van der Waals surface area contributed by atoms with E-state index in [0.717, 1.165) is 5.56 Å². The average Bonchev–Trinajstić information content (AvgIpc) is 2.45. The summed E-state index contributed by atoms with van der Waals surface area (Å²) in [6.07, 6.45) is 0.111. The van der Waals surface area contributed by atoms with Crippen LogP contribution in [0.3, 0.4) is 0 Å². The molecule has 0 unspecified atom stereocenters. The Morgan fingerprint density at radius 3 is 2.35 bits per heavy atom. The van der Waals surface area contributed by atoms with Crippen LogP contribution in [0.1, 0.15) is 56.1 Å². The van der Waals surface area contributed by atoms with Crippen molar-refractivity contribution in [1.82, 2.24) is 5.32 Å². The average molecular weight is 322 g/mol. The van der Waals surface area contributed by atoms with Crippen molar-refractivity contribution in [3.8, 4) is 0 Å². The molecule has 0 radical (unpaired) electrons. The van der Waals surface area contributed by atoms with Gasteiger partial charge in [0.1, 0.15) is 5.60 Å². The van der Waals surface area contributed by atoms with Crippen LogP contribution in [0.25, 0.3) is 0 Å². The Morgan fingerprint density at radius 1 is 1.22 bits per heavy atom. The molecule has 0 aliphatic heterocycles. The highest BCUT2D eigenvalue weighted by Gasteiger charge is 2.16. The standard InChI is InChI=1S/C17H26N2O4/c1-5-22-15(20)13-8-6-12(7-9-13)14(18)10-11-19-16(21)23-17(2,3)4/h6-9,14H,5,10-11,18H2,1-4H3,(H,19,21)/t14-/m1/s1. The summed E-state index contributed by atoms with van der Waals surface area (Å²) in [6, 6.07) is 6.73. The van der Waals surface area contributed by atoms with Crippen LogP contribution in [0.5, 0.6) is 0 Å². The fraction of sp³-hybridized carbons (Fsp3) is 0.529. The topological polar surface area (TPSA) is 90.6 Å². The summed E-state index contributed by atoms with van der Waals surface area (Å²) in [7, 11) is 0. The molecule has 0 spiro atoms. The van der Waals surface area contributed by atoms with E-state index >= 15 is 0 Å². The monoisotopic (exact) mass is 322 g/mol. The van der Waals surface area contributed by atoms with Crippen molar-refractivity contribution < 1.29 is 19.1 Å². The molecule has 128 valence electrons. The van der Waals surface area contributed by atoms with E-state index in [-0.39, 0.29) is 12.0 Å². The third kappa shape index (κ3) is 7.15. The molecule has 1 aromatic rings. The number of carbonyl (C=O) groups excluding carboxylic acids is 2. The maximum atomic E-state index is 11.6. The molecule has 0 aromatic heterocycles. The lowest BCUT2D eigenvalue weighted by atomic mass is 10.0. The van der Waals surface area contributed by atoms with Crippen molar-refractivity contribution in [2.45, 2.75) is 45.8 Å². The second kappa shape index (κ2) is 8.53. The van der Waals surface area contributed by atoms with E-state index in [0.29, 0.717) is 25.1 Å². The van der Waals surface area contributed by atoms with Gasteiger partial charge < -0.3 is 20.5 Å². The van der Waals surface area contributed by atoms with Crippen molar-refractivity contribution in [2.24, 2.45) is 5.73 Å². The molecular weight excluding hydrogens is 296 g/mol. The van der Waals surface area contributed by atoms with Gasteiger partial charge in [0.15, 0.2) is 0 Å². The van der Waals surface area contributed by atoms with Crippen LogP contribution in [0.2, 0.25) is 0 Å². The zero-order valence-electron chi connectivity index (χ0n) is 14.2. The highest BCUT2D eigenvalue weighted by atomic mass is 16.6. The molecule has 0 bridgehead atoms. The Balaban J connectivity index is 2.44. The minimum atomic E-state index is -0.519. The molecular formula is C17H26N2O4. The van der Waals surface area contributed by atoms with Gasteiger partial charge in [0.25, 0.3) is 0 Å². The second-order valence-corrected chi connectivity index (χ2v) is 6.17. The molecule has 0 aliphatic carbocycles. The van der Waals surface area contributed by atoms with Gasteiger partial charge in [-0.05, 0) is 51.8 Å². The molecule has 1 atom stereocenters. The summed E-state index contributed by atoms with van der Waals surface area (Å²) in [6.45, 7) is 7.95. The molecule has 0 fully saturated rings. The van der Waals surface area contributed by atoms with E-state index in [1.807, 2.05) is 20.8 Å². The maximum absolute atomic E-state index is 11.6. The lowest BCUT2D eigenvalue weighted by Crippen LogP contribution is -2.34. The largest absolute Gasteiger partial charge is 0.462 e. The third-order valence-corrected chi connectivity index (χ3v) is 2.97. The highest BCUT2D eigenvalue weighted by Crippen LogP contribution is 2.15. The summed E-state index contributed by atoms with van der Waals surface area (Å²) in [5, 5.41) is 2.67. The number of hydrogen-bond acceptors (Lipinski definition) is 5. The minimum absolute atomic E-state index is 0.235. The lowest BCUT2D eigenvalue weighted by molar-refractivity contribution is 0.0515. The van der Waals surface area contributed by atoms with E-state index in [4.69, 9.17) is 15.2 Å². The molecule has 0 saturated heterocycles. The smallest absolute Gasteiger partial charge is 0.407 e. The van der Waals surface area contributed by atoms with Crippen LogP contribution in [0.4, 0.5) is 4.79 Å². The number of nitrogens with one attached hydrogen (secondary N) is 1. The number of amides is 1. The van der Waals surface area contributed by atoms with E-state index in [1.165, 1.54) is 0 Å². The number of ether oxygens (including phenoxy) is 2. The van der Waals surface area contributed by atoms with Gasteiger partial charge in [-0.3, -0.25) is 0 Å². The van der Waals surface area contributed by atoms with Gasteiger partial charge in [0.05, 0.1) is 12.2 Å². The van der Waals surface area contributed by atoms with Gasteiger partial charge >= 0.3 is 12.1 Å². The van der Waals surface area contributed by atoms with Crippen LogP contribution in [-0.4, -0.2) is 30.8 Å². The summed E-state index contributed by atoms with van der Waals surface area (Å²) < 4.78 is 10.1. The lowest BCUT2D eigenvalue weighted by Gasteiger charge is -2.20. The molecule has 3 N–H and O–H groups in total. The quantitative estimate of drug-likeness (QED) is 0.786. The van der Waals surface area contributed by atoms with Crippen LogP contribution in [-0.2, 0) is 9.47 Å². The zero-order chi connectivity index (χ0) is 17.5. The molecule has 6 heteroatoms. The Bertz CT molecular complexity index is 520. The molecule has 0 aliphatic rings. The molecule has 0 saturated carbocycles. The molecule has 23 heavy (non-hydrogen) atoms. The molecule has 1 rings (SSSR count). The van der Waals surface area contributed by atoms with Crippen LogP contribution < -0.4 is 11.1 Å². The molecule has 1 aromatic carbocycles. The van der Waals surface area contributed by atoms with Gasteiger partial charge in [-0.2, -0.15) is 0 Å². The van der Waals surface area contributed by atoms with E-state index in [1.54, 1.807) is 31.2 Å². The van der Waals surface area contributed by atoms with Gasteiger partial charge in [-0.15, -0.1) is 0 Å². The number of esters is 1. The van der Waals surface area contributed by atoms with Gasteiger partial charge in [-0.25, -0.2) is 9.59 Å². The van der Waals surface area contributed by atoms with Crippen molar-refractivity contribution in [1.29, 1.82) is 0 Å². The summed E-state index contributed by atoms with van der Waals surface area (Å²) in [5.74, 6) is -0.348. The van der Waals surface area contributed by atoms with E-state index in [9.17, 15) is 9.59 Å². The number of benzene rings is 1. The Morgan fingerprint density at radius 2 is 1.83 bits per heavy atom. The third-order valence-electron chi connectivity index (χ3n) is 2.97. The number of alkyl carbamates (subject to hydrolysis) is 1. The summed E-state index contributed by atoms with van der Waals surface area (Å²) in [4.78, 5) is 23.1. The zero-order valence-corrected chi connectivity index (χ0v) is 14.2. The number of rotatable bonds is 6. The Hall–Kier alpha value is -2.08. The molecule has 1 amide bonds. The Labute approximate surface area is 137 Å². The SMILES string of the molecule is CCOC(=O)c1ccc([C@H](N)CCNC(=O)OC(C)(C)C)cc1. The minimum Gasteiger partial charge on any atom is -0.462 e. The van der Waals surface area contributed by atoms with Crippen LogP contribution >= 0.6 is 0 Å². The van der Waals surface area contributed by atoms with Gasteiger partial charge in [0, 0.05) is 12.6 Å². The molecule has 0 heterocycles. The van der Waals surface area contributed by atoms with Crippen molar-refractivity contribution in [2.75, 3.05) is 13.2 Å². The summed E-state index contributed by atoms with van der Waals surface area (Å²) >= 11 is 0. The normalized spacial score (nSPS) is 12.4. The first-order chi connectivity index (χ1) is 10.7. The van der Waals surface area contributed by atoms with E-state index in [2.05, 4.69) is 5.32 Å². The Kier molecular flexibility index (Phi) is 7.03. The maximum Gasteiger partial charge on any atom is 0.407 e. The van der Waals surface area contributed by atoms with E-state index < -0.39 is 11.7 Å².